The summed E-state index contributed by atoms with van der Waals surface area (Å²) in [6, 6.07) is 15.2. The third-order valence-electron chi connectivity index (χ3n) is 4.28. The van der Waals surface area contributed by atoms with Crippen LogP contribution in [0.2, 0.25) is 10.0 Å². The first-order chi connectivity index (χ1) is 15.7. The lowest BCUT2D eigenvalue weighted by Gasteiger charge is -2.02. The van der Waals surface area contributed by atoms with E-state index in [1.54, 1.807) is 19.8 Å². The van der Waals surface area contributed by atoms with E-state index in [4.69, 9.17) is 23.2 Å². The van der Waals surface area contributed by atoms with Gasteiger partial charge in [0.15, 0.2) is 0 Å². The highest BCUT2D eigenvalue weighted by atomic mass is 35.5. The molecule has 0 N–H and O–H groups in total. The molecule has 0 bridgehead atoms. The summed E-state index contributed by atoms with van der Waals surface area (Å²) in [5.74, 6) is 0. The molecule has 156 valence electrons. The smallest absolute Gasteiger partial charge is 0.0822 e. The molecule has 2 aromatic rings. The lowest BCUT2D eigenvalue weighted by molar-refractivity contribution is 1.48. The molecule has 2 aliphatic rings. The van der Waals surface area contributed by atoms with Crippen LogP contribution in [0.1, 0.15) is 11.1 Å². The Bertz CT molecular complexity index is 1290. The van der Waals surface area contributed by atoms with Gasteiger partial charge in [-0.25, -0.2) is 0 Å². The molecule has 0 radical (unpaired) electrons. The fourth-order valence-corrected chi connectivity index (χ4v) is 5.05. The second-order valence-corrected chi connectivity index (χ2v) is 9.66. The van der Waals surface area contributed by atoms with E-state index >= 15 is 0 Å². The number of halogens is 2. The number of hydrogen-bond acceptors (Lipinski definition) is 2. The molecule has 0 atom stereocenters. The standard InChI is InChI=1S/C26H16Cl2N2S2/c27-21-13-9-19(10-14-21)17-29-23-5-1-3-7-25(23)31-32-26-8-4-2-6-24(26)30-18-20-11-15-22(28)16-12-20/h1-2,5-18H. The summed E-state index contributed by atoms with van der Waals surface area (Å²) < 4.78 is 0. The molecule has 0 aromatic heterocycles. The van der Waals surface area contributed by atoms with E-state index in [0.29, 0.717) is 10.0 Å². The van der Waals surface area contributed by atoms with Gasteiger partial charge in [0, 0.05) is 34.6 Å². The Hall–Kier alpha value is -2.94. The van der Waals surface area contributed by atoms with Crippen LogP contribution < -0.4 is 0 Å². The Morgan fingerprint density at radius 1 is 0.625 bits per heavy atom. The van der Waals surface area contributed by atoms with E-state index in [1.807, 2.05) is 97.4 Å². The van der Waals surface area contributed by atoms with E-state index in [-0.39, 0.29) is 0 Å². The lowest BCUT2D eigenvalue weighted by Crippen LogP contribution is -2.01. The number of hydrogen-bond donors (Lipinski definition) is 0. The maximum absolute atomic E-state index is 5.96. The van der Waals surface area contributed by atoms with E-state index in [9.17, 15) is 0 Å². The molecule has 0 amide bonds. The second kappa shape index (κ2) is 11.1. The minimum absolute atomic E-state index is 0.707. The van der Waals surface area contributed by atoms with Gasteiger partial charge in [-0.3, -0.25) is 9.98 Å². The molecule has 2 aromatic carbocycles. The summed E-state index contributed by atoms with van der Waals surface area (Å²) in [4.78, 5) is 11.3. The van der Waals surface area contributed by atoms with Crippen molar-refractivity contribution in [2.24, 2.45) is 9.98 Å². The van der Waals surface area contributed by atoms with Gasteiger partial charge in [-0.15, -0.1) is 11.5 Å². The zero-order valence-electron chi connectivity index (χ0n) is 16.7. The Morgan fingerprint density at radius 2 is 1.03 bits per heavy atom. The normalized spacial score (nSPS) is 14.9. The summed E-state index contributed by atoms with van der Waals surface area (Å²) in [7, 11) is 3.23. The van der Waals surface area contributed by atoms with Gasteiger partial charge in [-0.05, 0) is 59.7 Å². The van der Waals surface area contributed by atoms with Crippen LogP contribution in [0.15, 0.2) is 118 Å². The summed E-state index contributed by atoms with van der Waals surface area (Å²) in [5, 5.41) is 1.41. The van der Waals surface area contributed by atoms with E-state index < -0.39 is 0 Å². The second-order valence-electron chi connectivity index (χ2n) is 6.57. The minimum atomic E-state index is 0.707. The SMILES string of the molecule is Clc1ccc(C=NC2=CC=C=CC2=S=S=C2C=C=CC=C2N=Cc2ccc(Cl)cc2)cc1. The molecule has 0 saturated carbocycles. The number of benzene rings is 2. The monoisotopic (exact) mass is 490 g/mol. The van der Waals surface area contributed by atoms with Crippen molar-refractivity contribution in [3.8, 4) is 0 Å². The van der Waals surface area contributed by atoms with Crippen molar-refractivity contribution < 1.29 is 0 Å². The summed E-state index contributed by atoms with van der Waals surface area (Å²) in [5.41, 5.74) is 10.0. The quantitative estimate of drug-likeness (QED) is 0.278. The molecule has 0 aliphatic heterocycles. The van der Waals surface area contributed by atoms with Crippen molar-refractivity contribution in [3.63, 3.8) is 0 Å². The van der Waals surface area contributed by atoms with Crippen LogP contribution in [-0.2, 0) is 19.8 Å². The molecule has 0 heterocycles. The van der Waals surface area contributed by atoms with Crippen LogP contribution in [0, 0.1) is 0 Å². The highest BCUT2D eigenvalue weighted by Gasteiger charge is 2.04. The predicted octanol–water partition coefficient (Wildman–Crippen LogP) is 6.17. The Kier molecular flexibility index (Phi) is 7.71. The first kappa shape index (κ1) is 22.3. The molecule has 0 spiro atoms. The maximum atomic E-state index is 5.96. The maximum Gasteiger partial charge on any atom is 0.0822 e. The average molecular weight is 491 g/mol. The fourth-order valence-electron chi connectivity index (χ4n) is 2.64. The molecule has 2 aliphatic carbocycles. The van der Waals surface area contributed by atoms with Crippen LogP contribution in [0.5, 0.6) is 0 Å². The molecular formula is C26H16Cl2N2S2. The Labute approximate surface area is 203 Å². The predicted molar refractivity (Wildman–Crippen MR) is 144 cm³/mol. The van der Waals surface area contributed by atoms with E-state index in [1.165, 1.54) is 0 Å². The van der Waals surface area contributed by atoms with Crippen LogP contribution in [0.25, 0.3) is 0 Å². The fraction of sp³-hybridized carbons (Fsp3) is 0. The van der Waals surface area contributed by atoms with Gasteiger partial charge in [0.25, 0.3) is 0 Å². The van der Waals surface area contributed by atoms with Gasteiger partial charge < -0.3 is 0 Å². The molecule has 32 heavy (non-hydrogen) atoms. The van der Waals surface area contributed by atoms with Crippen LogP contribution in [-0.4, -0.2) is 22.2 Å². The number of rotatable bonds is 4. The van der Waals surface area contributed by atoms with Gasteiger partial charge in [0.05, 0.1) is 21.1 Å². The van der Waals surface area contributed by atoms with Crippen LogP contribution >= 0.6 is 23.2 Å². The molecule has 2 nitrogen and oxygen atoms in total. The zero-order chi connectivity index (χ0) is 22.2. The lowest BCUT2D eigenvalue weighted by atomic mass is 10.2. The number of aliphatic imine (C=N–C) groups is 2. The van der Waals surface area contributed by atoms with Gasteiger partial charge in [-0.2, -0.15) is 0 Å². The van der Waals surface area contributed by atoms with E-state index in [2.05, 4.69) is 21.4 Å². The Balaban J connectivity index is 1.63. The van der Waals surface area contributed by atoms with Crippen LogP contribution in [0.3, 0.4) is 0 Å². The number of allylic oxidation sites excluding steroid dienone is 4. The van der Waals surface area contributed by atoms with Gasteiger partial charge >= 0.3 is 0 Å². The van der Waals surface area contributed by atoms with Gasteiger partial charge in [-0.1, -0.05) is 67.3 Å². The summed E-state index contributed by atoms with van der Waals surface area (Å²) in [6.07, 6.45) is 15.2. The molecule has 6 heteroatoms. The molecule has 0 saturated heterocycles. The first-order valence-electron chi connectivity index (χ1n) is 9.61. The van der Waals surface area contributed by atoms with Crippen molar-refractivity contribution in [1.82, 2.24) is 0 Å². The van der Waals surface area contributed by atoms with E-state index in [0.717, 1.165) is 32.3 Å². The van der Waals surface area contributed by atoms with Gasteiger partial charge in [0.2, 0.25) is 0 Å². The summed E-state index contributed by atoms with van der Waals surface area (Å²) >= 11 is 11.9. The third-order valence-corrected chi connectivity index (χ3v) is 7.20. The minimum Gasteiger partial charge on any atom is -0.255 e. The largest absolute Gasteiger partial charge is 0.255 e. The Morgan fingerprint density at radius 3 is 1.44 bits per heavy atom. The molecular weight excluding hydrogens is 475 g/mol. The third kappa shape index (κ3) is 6.29. The molecule has 4 rings (SSSR count). The first-order valence-corrected chi connectivity index (χ1v) is 12.5. The van der Waals surface area contributed by atoms with Crippen molar-refractivity contribution in [2.45, 2.75) is 0 Å². The van der Waals surface area contributed by atoms with Crippen molar-refractivity contribution >= 4 is 65.2 Å². The van der Waals surface area contributed by atoms with Crippen molar-refractivity contribution in [3.05, 3.63) is 129 Å². The molecule has 0 fully saturated rings. The topological polar surface area (TPSA) is 24.7 Å². The van der Waals surface area contributed by atoms with Gasteiger partial charge in [0.1, 0.15) is 0 Å². The molecule has 0 unspecified atom stereocenters. The van der Waals surface area contributed by atoms with Crippen molar-refractivity contribution in [1.29, 1.82) is 0 Å². The van der Waals surface area contributed by atoms with Crippen LogP contribution in [0.4, 0.5) is 0 Å². The summed E-state index contributed by atoms with van der Waals surface area (Å²) in [6.45, 7) is 0. The highest BCUT2D eigenvalue weighted by Crippen LogP contribution is 2.11. The average Bonchev–Trinajstić information content (AvgIpc) is 2.83. The van der Waals surface area contributed by atoms with Crippen molar-refractivity contribution in [2.75, 3.05) is 0 Å². The zero-order valence-corrected chi connectivity index (χ0v) is 19.8. The number of nitrogens with zero attached hydrogens (tertiary/aromatic N) is 2. The highest BCUT2D eigenvalue weighted by molar-refractivity contribution is 8.25.